The zero-order chi connectivity index (χ0) is 23.3. The molecular formula is C23H27ClF2N6O. The first-order chi connectivity index (χ1) is 15.8. The van der Waals surface area contributed by atoms with Gasteiger partial charge in [-0.2, -0.15) is 19.6 Å². The third-order valence-corrected chi connectivity index (χ3v) is 7.20. The molecule has 10 heteroatoms. The summed E-state index contributed by atoms with van der Waals surface area (Å²) in [5.74, 6) is 0.606. The van der Waals surface area contributed by atoms with Crippen LogP contribution < -0.4 is 15.4 Å². The number of aromatic nitrogens is 4. The normalized spacial score (nSPS) is 23.3. The van der Waals surface area contributed by atoms with Gasteiger partial charge in [-0.1, -0.05) is 25.4 Å². The topological polar surface area (TPSA) is 76.4 Å². The number of nitrogens with zero attached hydrogens (tertiary/aromatic N) is 4. The molecule has 1 unspecified atom stereocenters. The van der Waals surface area contributed by atoms with Crippen molar-refractivity contribution in [3.8, 4) is 16.9 Å². The van der Waals surface area contributed by atoms with Crippen molar-refractivity contribution in [1.29, 1.82) is 0 Å². The second-order valence-electron chi connectivity index (χ2n) is 9.43. The highest BCUT2D eigenvalue weighted by Crippen LogP contribution is 2.41. The number of ether oxygens (including phenoxy) is 1. The molecule has 1 aliphatic heterocycles. The number of rotatable bonds is 6. The molecule has 3 heterocycles. The Kier molecular flexibility index (Phi) is 5.86. The summed E-state index contributed by atoms with van der Waals surface area (Å²) in [5.41, 5.74) is -0.173. The molecule has 0 spiro atoms. The maximum Gasteiger partial charge on any atom is 0.255 e. The minimum atomic E-state index is -0.770. The number of halogens is 3. The molecule has 3 aromatic rings. The van der Waals surface area contributed by atoms with Crippen LogP contribution in [0.25, 0.3) is 16.9 Å². The molecule has 4 atom stereocenters. The van der Waals surface area contributed by atoms with Crippen LogP contribution in [0.4, 0.5) is 14.6 Å². The molecule has 5 rings (SSSR count). The van der Waals surface area contributed by atoms with Crippen LogP contribution in [0.5, 0.6) is 5.75 Å². The number of nitrogens with one attached hydrogen (secondary N) is 2. The van der Waals surface area contributed by atoms with Crippen LogP contribution in [0.15, 0.2) is 18.5 Å². The van der Waals surface area contributed by atoms with Crippen LogP contribution in [0.1, 0.15) is 33.6 Å². The van der Waals surface area contributed by atoms with Gasteiger partial charge in [-0.05, 0) is 50.6 Å². The van der Waals surface area contributed by atoms with E-state index < -0.39 is 11.6 Å². The molecule has 176 valence electrons. The van der Waals surface area contributed by atoms with Gasteiger partial charge in [-0.15, -0.1) is 0 Å². The van der Waals surface area contributed by atoms with Gasteiger partial charge >= 0.3 is 0 Å². The Labute approximate surface area is 195 Å². The van der Waals surface area contributed by atoms with E-state index in [2.05, 4.69) is 25.7 Å². The fraction of sp³-hybridized carbons (Fsp3) is 0.522. The maximum atomic E-state index is 15.4. The van der Waals surface area contributed by atoms with E-state index in [4.69, 9.17) is 16.3 Å². The highest BCUT2D eigenvalue weighted by Gasteiger charge is 2.38. The largest absolute Gasteiger partial charge is 0.490 e. The molecule has 1 aliphatic carbocycles. The number of fused-ring (bicyclic) bond motifs is 2. The monoisotopic (exact) mass is 476 g/mol. The van der Waals surface area contributed by atoms with Crippen LogP contribution in [0, 0.1) is 29.4 Å². The molecule has 33 heavy (non-hydrogen) atoms. The first-order valence-electron chi connectivity index (χ1n) is 11.3. The average molecular weight is 477 g/mol. The minimum Gasteiger partial charge on any atom is -0.490 e. The number of benzene rings is 1. The summed E-state index contributed by atoms with van der Waals surface area (Å²) in [6.07, 6.45) is 3.07. The van der Waals surface area contributed by atoms with Gasteiger partial charge in [0.15, 0.2) is 0 Å². The van der Waals surface area contributed by atoms with Crippen LogP contribution in [0.3, 0.4) is 0 Å². The Morgan fingerprint density at radius 3 is 2.42 bits per heavy atom. The SMILES string of the molecule is CC(C)[C@@H](C)Nc1c(-c2c(F)cc(OC3C[C@H]4CNC[C@H]4C3)cc2F)c(Cl)nc2ncnn12. The van der Waals surface area contributed by atoms with Crippen molar-refractivity contribution >= 4 is 23.2 Å². The van der Waals surface area contributed by atoms with E-state index in [-0.39, 0.29) is 45.9 Å². The van der Waals surface area contributed by atoms with E-state index in [9.17, 15) is 0 Å². The first kappa shape index (κ1) is 22.3. The Bertz CT molecular complexity index is 1150. The summed E-state index contributed by atoms with van der Waals surface area (Å²) in [4.78, 5) is 8.26. The maximum absolute atomic E-state index is 15.4. The highest BCUT2D eigenvalue weighted by molar-refractivity contribution is 6.33. The molecule has 2 aliphatic rings. The van der Waals surface area contributed by atoms with Crippen molar-refractivity contribution in [2.75, 3.05) is 18.4 Å². The molecule has 7 nitrogen and oxygen atoms in total. The van der Waals surface area contributed by atoms with Crippen LogP contribution in [-0.4, -0.2) is 44.8 Å². The lowest BCUT2D eigenvalue weighted by Crippen LogP contribution is -2.24. The van der Waals surface area contributed by atoms with Gasteiger partial charge in [0.05, 0.1) is 17.2 Å². The molecule has 1 saturated heterocycles. The van der Waals surface area contributed by atoms with Gasteiger partial charge in [0.25, 0.3) is 5.78 Å². The Morgan fingerprint density at radius 2 is 1.79 bits per heavy atom. The molecule has 0 bridgehead atoms. The number of anilines is 1. The van der Waals surface area contributed by atoms with E-state index >= 15 is 8.78 Å². The standard InChI is InChI=1S/C23H27ClF2N6O/c1-11(2)12(3)30-22-20(21(24)31-23-28-10-29-32(22)23)19-17(25)6-16(7-18(19)26)33-15-4-13-8-27-9-14(13)5-15/h6-7,10-15,27,30H,4-5,8-9H2,1-3H3/t12-,13-,14+,15?/m1/s1. The van der Waals surface area contributed by atoms with Crippen molar-refractivity contribution in [2.24, 2.45) is 17.8 Å². The van der Waals surface area contributed by atoms with Crippen LogP contribution in [0.2, 0.25) is 5.15 Å². The summed E-state index contributed by atoms with van der Waals surface area (Å²) < 4.78 is 38.2. The molecule has 2 aromatic heterocycles. The van der Waals surface area contributed by atoms with Crippen LogP contribution >= 0.6 is 11.6 Å². The van der Waals surface area contributed by atoms with Crippen molar-refractivity contribution in [2.45, 2.75) is 45.8 Å². The van der Waals surface area contributed by atoms with E-state index in [0.29, 0.717) is 17.7 Å². The Morgan fingerprint density at radius 1 is 1.12 bits per heavy atom. The van der Waals surface area contributed by atoms with E-state index in [1.165, 1.54) is 23.0 Å². The summed E-state index contributed by atoms with van der Waals surface area (Å²) in [6.45, 7) is 8.01. The van der Waals surface area contributed by atoms with Gasteiger partial charge in [0.2, 0.25) is 0 Å². The minimum absolute atomic E-state index is 0.0281. The smallest absolute Gasteiger partial charge is 0.255 e. The van der Waals surface area contributed by atoms with Crippen molar-refractivity contribution in [1.82, 2.24) is 24.9 Å². The highest BCUT2D eigenvalue weighted by atomic mass is 35.5. The number of hydrogen-bond donors (Lipinski definition) is 2. The first-order valence-corrected chi connectivity index (χ1v) is 11.7. The summed E-state index contributed by atoms with van der Waals surface area (Å²) in [7, 11) is 0. The Balaban J connectivity index is 1.52. The molecule has 0 radical (unpaired) electrons. The molecule has 0 amide bonds. The van der Waals surface area contributed by atoms with Crippen molar-refractivity contribution in [3.63, 3.8) is 0 Å². The second-order valence-corrected chi connectivity index (χ2v) is 9.78. The summed E-state index contributed by atoms with van der Waals surface area (Å²) in [5, 5.41) is 10.8. The fourth-order valence-corrected chi connectivity index (χ4v) is 5.07. The second kappa shape index (κ2) is 8.68. The predicted molar refractivity (Wildman–Crippen MR) is 123 cm³/mol. The molecule has 2 fully saturated rings. The van der Waals surface area contributed by atoms with E-state index in [0.717, 1.165) is 25.9 Å². The predicted octanol–water partition coefficient (Wildman–Crippen LogP) is 4.56. The van der Waals surface area contributed by atoms with Crippen molar-refractivity contribution < 1.29 is 13.5 Å². The van der Waals surface area contributed by atoms with Crippen molar-refractivity contribution in [3.05, 3.63) is 35.2 Å². The zero-order valence-corrected chi connectivity index (χ0v) is 19.5. The Hall–Kier alpha value is -2.52. The average Bonchev–Trinajstić information content (AvgIpc) is 3.45. The van der Waals surface area contributed by atoms with Gasteiger partial charge in [0, 0.05) is 18.2 Å². The molecule has 2 N–H and O–H groups in total. The summed E-state index contributed by atoms with van der Waals surface area (Å²) in [6, 6.07) is 2.42. The molecule has 1 aromatic carbocycles. The quantitative estimate of drug-likeness (QED) is 0.508. The third-order valence-electron chi connectivity index (χ3n) is 6.93. The van der Waals surface area contributed by atoms with Gasteiger partial charge < -0.3 is 15.4 Å². The molecule has 1 saturated carbocycles. The fourth-order valence-electron chi connectivity index (χ4n) is 4.81. The summed E-state index contributed by atoms with van der Waals surface area (Å²) >= 11 is 6.44. The lowest BCUT2D eigenvalue weighted by Gasteiger charge is -2.22. The van der Waals surface area contributed by atoms with Crippen LogP contribution in [-0.2, 0) is 0 Å². The zero-order valence-electron chi connectivity index (χ0n) is 18.8. The van der Waals surface area contributed by atoms with Gasteiger partial charge in [0.1, 0.15) is 34.7 Å². The third kappa shape index (κ3) is 4.12. The lowest BCUT2D eigenvalue weighted by atomic mass is 10.0. The number of hydrogen-bond acceptors (Lipinski definition) is 6. The molecular weight excluding hydrogens is 450 g/mol. The van der Waals surface area contributed by atoms with Gasteiger partial charge in [-0.25, -0.2) is 8.78 Å². The van der Waals surface area contributed by atoms with Gasteiger partial charge in [-0.3, -0.25) is 0 Å². The van der Waals surface area contributed by atoms with E-state index in [1.54, 1.807) is 0 Å². The van der Waals surface area contributed by atoms with E-state index in [1.807, 2.05) is 20.8 Å². The lowest BCUT2D eigenvalue weighted by molar-refractivity contribution is 0.198.